The van der Waals surface area contributed by atoms with E-state index in [1.54, 1.807) is 35.5 Å². The van der Waals surface area contributed by atoms with Gasteiger partial charge in [0.05, 0.1) is 11.8 Å². The lowest BCUT2D eigenvalue weighted by Crippen LogP contribution is -1.98. The van der Waals surface area contributed by atoms with Gasteiger partial charge in [0.2, 0.25) is 0 Å². The second-order valence-electron chi connectivity index (χ2n) is 4.16. The molecule has 5 nitrogen and oxygen atoms in total. The smallest absolute Gasteiger partial charge is 0.154 e. The van der Waals surface area contributed by atoms with Crippen molar-refractivity contribution in [1.29, 1.82) is 0 Å². The van der Waals surface area contributed by atoms with E-state index in [4.69, 9.17) is 4.42 Å². The van der Waals surface area contributed by atoms with E-state index in [2.05, 4.69) is 10.1 Å². The van der Waals surface area contributed by atoms with Gasteiger partial charge >= 0.3 is 0 Å². The van der Waals surface area contributed by atoms with Crippen LogP contribution in [0.5, 0.6) is 0 Å². The molecule has 3 rings (SSSR count). The van der Waals surface area contributed by atoms with E-state index >= 15 is 0 Å². The second kappa shape index (κ2) is 4.53. The first-order valence-corrected chi connectivity index (χ1v) is 5.79. The Morgan fingerprint density at radius 3 is 2.95 bits per heavy atom. The van der Waals surface area contributed by atoms with Crippen LogP contribution in [0.1, 0.15) is 15.9 Å². The molecule has 94 valence electrons. The minimum Gasteiger partial charge on any atom is -0.463 e. The van der Waals surface area contributed by atoms with Gasteiger partial charge in [-0.05, 0) is 36.8 Å². The minimum absolute atomic E-state index is 0.471. The third kappa shape index (κ3) is 2.06. The van der Waals surface area contributed by atoms with E-state index in [0.717, 1.165) is 11.8 Å². The summed E-state index contributed by atoms with van der Waals surface area (Å²) in [7, 11) is 0. The molecule has 0 aliphatic carbocycles. The molecule has 3 aromatic heterocycles. The molecular weight excluding hydrogens is 242 g/mol. The molecule has 0 fully saturated rings. The molecule has 0 aliphatic rings. The van der Waals surface area contributed by atoms with Crippen molar-refractivity contribution in [2.24, 2.45) is 0 Å². The summed E-state index contributed by atoms with van der Waals surface area (Å²) < 4.78 is 6.86. The first-order valence-electron chi connectivity index (χ1n) is 5.79. The standard InChI is InChI=1S/C14H11N3O2/c1-10-4-5-15-13(7-10)17-8-11(9-18)14(16-17)12-3-2-6-19-12/h2-9H,1H3. The van der Waals surface area contributed by atoms with Crippen molar-refractivity contribution in [1.82, 2.24) is 14.8 Å². The van der Waals surface area contributed by atoms with Gasteiger partial charge in [-0.2, -0.15) is 5.10 Å². The van der Waals surface area contributed by atoms with Crippen LogP contribution in [0.25, 0.3) is 17.3 Å². The van der Waals surface area contributed by atoms with Crippen LogP contribution in [0.4, 0.5) is 0 Å². The van der Waals surface area contributed by atoms with E-state index in [1.165, 1.54) is 0 Å². The lowest BCUT2D eigenvalue weighted by Gasteiger charge is -2.00. The summed E-state index contributed by atoms with van der Waals surface area (Å²) in [5, 5.41) is 4.36. The normalized spacial score (nSPS) is 10.6. The minimum atomic E-state index is 0.471. The molecule has 0 amide bonds. The highest BCUT2D eigenvalue weighted by atomic mass is 16.3. The van der Waals surface area contributed by atoms with Crippen LogP contribution in [0.15, 0.2) is 47.3 Å². The highest BCUT2D eigenvalue weighted by Gasteiger charge is 2.14. The van der Waals surface area contributed by atoms with Crippen molar-refractivity contribution in [3.05, 3.63) is 54.0 Å². The van der Waals surface area contributed by atoms with Crippen LogP contribution in [0.3, 0.4) is 0 Å². The summed E-state index contributed by atoms with van der Waals surface area (Å²) in [5.74, 6) is 1.23. The number of pyridine rings is 1. The van der Waals surface area contributed by atoms with Gasteiger partial charge in [-0.15, -0.1) is 0 Å². The molecule has 0 spiro atoms. The third-order valence-electron chi connectivity index (χ3n) is 2.76. The predicted molar refractivity (Wildman–Crippen MR) is 69.2 cm³/mol. The highest BCUT2D eigenvalue weighted by Crippen LogP contribution is 2.22. The van der Waals surface area contributed by atoms with Gasteiger partial charge in [0.15, 0.2) is 17.9 Å². The first-order chi connectivity index (χ1) is 9.28. The second-order valence-corrected chi connectivity index (χ2v) is 4.16. The Bertz CT molecular complexity index is 714. The summed E-state index contributed by atoms with van der Waals surface area (Å²) in [5.41, 5.74) is 2.06. The number of carbonyl (C=O) groups is 1. The van der Waals surface area contributed by atoms with Crippen molar-refractivity contribution in [3.63, 3.8) is 0 Å². The Labute approximate surface area is 109 Å². The summed E-state index contributed by atoms with van der Waals surface area (Å²) in [6.07, 6.45) is 5.66. The van der Waals surface area contributed by atoms with Crippen LogP contribution in [-0.4, -0.2) is 21.1 Å². The van der Waals surface area contributed by atoms with Crippen LogP contribution in [0.2, 0.25) is 0 Å². The number of aldehydes is 1. The molecular formula is C14H11N3O2. The molecule has 0 N–H and O–H groups in total. The van der Waals surface area contributed by atoms with Gasteiger partial charge in [-0.1, -0.05) is 0 Å². The number of nitrogens with zero attached hydrogens (tertiary/aromatic N) is 3. The van der Waals surface area contributed by atoms with Gasteiger partial charge in [0.25, 0.3) is 0 Å². The van der Waals surface area contributed by atoms with Gasteiger partial charge < -0.3 is 4.42 Å². The zero-order valence-electron chi connectivity index (χ0n) is 10.3. The average molecular weight is 253 g/mol. The Hall–Kier alpha value is -2.69. The highest BCUT2D eigenvalue weighted by molar-refractivity contribution is 5.84. The third-order valence-corrected chi connectivity index (χ3v) is 2.76. The molecule has 3 aromatic rings. The van der Waals surface area contributed by atoms with E-state index < -0.39 is 0 Å². The summed E-state index contributed by atoms with van der Waals surface area (Å²) in [6, 6.07) is 7.33. The number of hydrogen-bond donors (Lipinski definition) is 0. The molecule has 0 aliphatic heterocycles. The first kappa shape index (κ1) is 11.4. The fraction of sp³-hybridized carbons (Fsp3) is 0.0714. The van der Waals surface area contributed by atoms with E-state index in [0.29, 0.717) is 22.8 Å². The monoisotopic (exact) mass is 253 g/mol. The predicted octanol–water partition coefficient (Wildman–Crippen LogP) is 2.65. The molecule has 0 unspecified atom stereocenters. The maximum absolute atomic E-state index is 11.1. The van der Waals surface area contributed by atoms with Gasteiger partial charge in [-0.3, -0.25) is 4.79 Å². The molecule has 19 heavy (non-hydrogen) atoms. The van der Waals surface area contributed by atoms with Crippen LogP contribution >= 0.6 is 0 Å². The van der Waals surface area contributed by atoms with Crippen molar-refractivity contribution in [3.8, 4) is 17.3 Å². The van der Waals surface area contributed by atoms with E-state index in [1.807, 2.05) is 19.1 Å². The Kier molecular flexibility index (Phi) is 2.72. The van der Waals surface area contributed by atoms with Crippen molar-refractivity contribution < 1.29 is 9.21 Å². The number of rotatable bonds is 3. The lowest BCUT2D eigenvalue weighted by atomic mass is 10.2. The average Bonchev–Trinajstić information content (AvgIpc) is 3.07. The number of furan rings is 1. The molecule has 0 saturated carbocycles. The zero-order valence-corrected chi connectivity index (χ0v) is 10.3. The Balaban J connectivity index is 2.12. The van der Waals surface area contributed by atoms with Gasteiger partial charge in [0.1, 0.15) is 5.69 Å². The lowest BCUT2D eigenvalue weighted by molar-refractivity contribution is 0.112. The molecule has 0 saturated heterocycles. The number of aromatic nitrogens is 3. The number of hydrogen-bond acceptors (Lipinski definition) is 4. The molecule has 0 bridgehead atoms. The van der Waals surface area contributed by atoms with Gasteiger partial charge in [0, 0.05) is 12.4 Å². The molecule has 5 heteroatoms. The van der Waals surface area contributed by atoms with Crippen LogP contribution in [0, 0.1) is 6.92 Å². The van der Waals surface area contributed by atoms with Crippen molar-refractivity contribution in [2.75, 3.05) is 0 Å². The van der Waals surface area contributed by atoms with E-state index in [-0.39, 0.29) is 0 Å². The molecule has 0 radical (unpaired) electrons. The quantitative estimate of drug-likeness (QED) is 0.673. The summed E-state index contributed by atoms with van der Waals surface area (Å²) in [4.78, 5) is 15.4. The van der Waals surface area contributed by atoms with Crippen LogP contribution < -0.4 is 0 Å². The fourth-order valence-corrected chi connectivity index (χ4v) is 1.84. The molecule has 0 atom stereocenters. The zero-order chi connectivity index (χ0) is 13.2. The SMILES string of the molecule is Cc1ccnc(-n2cc(C=O)c(-c3ccco3)n2)c1. The largest absolute Gasteiger partial charge is 0.463 e. The van der Waals surface area contributed by atoms with Gasteiger partial charge in [-0.25, -0.2) is 9.67 Å². The molecule has 3 heterocycles. The summed E-state index contributed by atoms with van der Waals surface area (Å²) >= 11 is 0. The molecule has 0 aromatic carbocycles. The fourth-order valence-electron chi connectivity index (χ4n) is 1.84. The maximum Gasteiger partial charge on any atom is 0.154 e. The number of carbonyl (C=O) groups excluding carboxylic acids is 1. The van der Waals surface area contributed by atoms with Crippen molar-refractivity contribution >= 4 is 6.29 Å². The Morgan fingerprint density at radius 1 is 1.37 bits per heavy atom. The van der Waals surface area contributed by atoms with Crippen LogP contribution in [-0.2, 0) is 0 Å². The summed E-state index contributed by atoms with van der Waals surface area (Å²) in [6.45, 7) is 1.97. The maximum atomic E-state index is 11.1. The van der Waals surface area contributed by atoms with Crippen molar-refractivity contribution in [2.45, 2.75) is 6.92 Å². The number of aryl methyl sites for hydroxylation is 1. The topological polar surface area (TPSA) is 60.9 Å². The Morgan fingerprint density at radius 2 is 2.26 bits per heavy atom. The van der Waals surface area contributed by atoms with E-state index in [9.17, 15) is 4.79 Å².